The molecule has 1 aromatic heterocycles. The number of carboxylic acids is 1. The fourth-order valence-electron chi connectivity index (χ4n) is 2.79. The van der Waals surface area contributed by atoms with Crippen molar-refractivity contribution >= 4 is 27.8 Å². The van der Waals surface area contributed by atoms with E-state index in [4.69, 9.17) is 5.11 Å². The number of rotatable bonds is 3. The van der Waals surface area contributed by atoms with Gasteiger partial charge in [0.1, 0.15) is 10.6 Å². The highest BCUT2D eigenvalue weighted by molar-refractivity contribution is 8.00. The first-order chi connectivity index (χ1) is 9.64. The minimum Gasteiger partial charge on any atom is -0.477 e. The number of thioether (sulfide) groups is 1. The molecule has 0 saturated carbocycles. The summed E-state index contributed by atoms with van der Waals surface area (Å²) < 4.78 is 27.2. The van der Waals surface area contributed by atoms with E-state index in [2.05, 4.69) is 4.98 Å². The first kappa shape index (κ1) is 16.4. The number of aryl methyl sites for hydroxylation is 1. The second-order valence-electron chi connectivity index (χ2n) is 5.46. The van der Waals surface area contributed by atoms with Crippen LogP contribution in [-0.4, -0.2) is 52.4 Å². The Bertz CT molecular complexity index is 656. The molecule has 118 valence electrons. The van der Waals surface area contributed by atoms with Gasteiger partial charge in [0.25, 0.3) is 0 Å². The Balaban J connectivity index is 2.47. The maximum atomic E-state index is 12.9. The molecule has 1 aliphatic rings. The number of sulfonamides is 1. The number of hydrogen-bond donors (Lipinski definition) is 2. The minimum atomic E-state index is -3.68. The standard InChI is InChI=1S/C13H20N2O4S2/c1-7-5-15(6-8(2)20-7)21(18,19)12-9(3)11(13(16)17)14-10(12)4/h7-8,14H,5-6H2,1-4H3,(H,16,17). The van der Waals surface area contributed by atoms with Crippen molar-refractivity contribution in [3.05, 3.63) is 17.0 Å². The van der Waals surface area contributed by atoms with Crippen molar-refractivity contribution in [2.45, 2.75) is 43.1 Å². The molecule has 0 radical (unpaired) electrons. The Morgan fingerprint density at radius 1 is 1.29 bits per heavy atom. The fraction of sp³-hybridized carbons (Fsp3) is 0.615. The number of H-pyrrole nitrogens is 1. The molecule has 0 aliphatic carbocycles. The molecule has 21 heavy (non-hydrogen) atoms. The van der Waals surface area contributed by atoms with E-state index in [1.807, 2.05) is 13.8 Å². The Hall–Kier alpha value is -0.990. The SMILES string of the molecule is Cc1[nH]c(C(=O)O)c(C)c1S(=O)(=O)N1CC(C)SC(C)C1. The summed E-state index contributed by atoms with van der Waals surface area (Å²) in [5.74, 6) is -1.15. The van der Waals surface area contributed by atoms with Crippen molar-refractivity contribution in [1.82, 2.24) is 9.29 Å². The first-order valence-corrected chi connectivity index (χ1v) is 9.11. The van der Waals surface area contributed by atoms with E-state index in [0.29, 0.717) is 18.8 Å². The highest BCUT2D eigenvalue weighted by Crippen LogP contribution is 2.32. The van der Waals surface area contributed by atoms with Gasteiger partial charge in [0.05, 0.1) is 0 Å². The summed E-state index contributed by atoms with van der Waals surface area (Å²) in [5, 5.41) is 9.57. The molecule has 1 fully saturated rings. The molecule has 1 aromatic rings. The predicted octanol–water partition coefficient (Wildman–Crippen LogP) is 1.84. The number of aromatic carboxylic acids is 1. The smallest absolute Gasteiger partial charge is 0.352 e. The molecule has 2 heterocycles. The van der Waals surface area contributed by atoms with E-state index in [1.54, 1.807) is 18.7 Å². The van der Waals surface area contributed by atoms with Crippen LogP contribution in [0.3, 0.4) is 0 Å². The van der Waals surface area contributed by atoms with Gasteiger partial charge in [-0.3, -0.25) is 0 Å². The lowest BCUT2D eigenvalue weighted by atomic mass is 10.2. The van der Waals surface area contributed by atoms with Crippen molar-refractivity contribution < 1.29 is 18.3 Å². The van der Waals surface area contributed by atoms with Gasteiger partial charge in [-0.1, -0.05) is 13.8 Å². The third kappa shape index (κ3) is 2.97. The van der Waals surface area contributed by atoms with Gasteiger partial charge >= 0.3 is 5.97 Å². The number of aromatic nitrogens is 1. The van der Waals surface area contributed by atoms with E-state index >= 15 is 0 Å². The number of hydrogen-bond acceptors (Lipinski definition) is 4. The summed E-state index contributed by atoms with van der Waals surface area (Å²) in [6, 6.07) is 0. The molecule has 2 unspecified atom stereocenters. The van der Waals surface area contributed by atoms with E-state index in [-0.39, 0.29) is 26.7 Å². The molecule has 1 saturated heterocycles. The molecule has 2 rings (SSSR count). The van der Waals surface area contributed by atoms with Crippen molar-refractivity contribution in [1.29, 1.82) is 0 Å². The third-order valence-electron chi connectivity index (χ3n) is 3.57. The lowest BCUT2D eigenvalue weighted by Gasteiger charge is -2.33. The lowest BCUT2D eigenvalue weighted by molar-refractivity contribution is 0.0690. The minimum absolute atomic E-state index is 0.0569. The normalized spacial score (nSPS) is 24.2. The zero-order valence-electron chi connectivity index (χ0n) is 12.5. The number of nitrogens with zero attached hydrogens (tertiary/aromatic N) is 1. The second-order valence-corrected chi connectivity index (χ2v) is 9.22. The molecule has 8 heteroatoms. The monoisotopic (exact) mass is 332 g/mol. The number of aromatic amines is 1. The molecular formula is C13H20N2O4S2. The summed E-state index contributed by atoms with van der Waals surface area (Å²) >= 11 is 1.77. The van der Waals surface area contributed by atoms with Crippen LogP contribution in [-0.2, 0) is 10.0 Å². The average molecular weight is 332 g/mol. The molecule has 6 nitrogen and oxygen atoms in total. The summed E-state index contributed by atoms with van der Waals surface area (Å²) in [6.07, 6.45) is 0. The van der Waals surface area contributed by atoms with E-state index in [0.717, 1.165) is 0 Å². The maximum Gasteiger partial charge on any atom is 0.352 e. The van der Waals surface area contributed by atoms with Crippen molar-refractivity contribution in [3.63, 3.8) is 0 Å². The van der Waals surface area contributed by atoms with Crippen LogP contribution in [0.5, 0.6) is 0 Å². The summed E-state index contributed by atoms with van der Waals surface area (Å²) in [5.41, 5.74) is 0.598. The van der Waals surface area contributed by atoms with Crippen LogP contribution in [0.2, 0.25) is 0 Å². The largest absolute Gasteiger partial charge is 0.477 e. The van der Waals surface area contributed by atoms with Gasteiger partial charge in [-0.2, -0.15) is 16.1 Å². The molecule has 2 atom stereocenters. The molecule has 1 aliphatic heterocycles. The van der Waals surface area contributed by atoms with Crippen LogP contribution in [0.15, 0.2) is 4.90 Å². The summed E-state index contributed by atoms with van der Waals surface area (Å²) in [4.78, 5) is 13.9. The predicted molar refractivity (Wildman–Crippen MR) is 82.5 cm³/mol. The van der Waals surface area contributed by atoms with Crippen molar-refractivity contribution in [2.24, 2.45) is 0 Å². The van der Waals surface area contributed by atoms with Gasteiger partial charge in [-0.05, 0) is 13.8 Å². The molecule has 0 aromatic carbocycles. The van der Waals surface area contributed by atoms with E-state index in [1.165, 1.54) is 11.2 Å². The third-order valence-corrected chi connectivity index (χ3v) is 6.90. The highest BCUT2D eigenvalue weighted by Gasteiger charge is 2.35. The van der Waals surface area contributed by atoms with Gasteiger partial charge in [0, 0.05) is 34.8 Å². The maximum absolute atomic E-state index is 12.9. The second kappa shape index (κ2) is 5.66. The lowest BCUT2D eigenvalue weighted by Crippen LogP contribution is -2.44. The van der Waals surface area contributed by atoms with Gasteiger partial charge in [0.2, 0.25) is 10.0 Å². The molecule has 0 bridgehead atoms. The van der Waals surface area contributed by atoms with E-state index in [9.17, 15) is 13.2 Å². The Kier molecular flexibility index (Phi) is 4.41. The van der Waals surface area contributed by atoms with Crippen LogP contribution < -0.4 is 0 Å². The summed E-state index contributed by atoms with van der Waals surface area (Å²) in [6.45, 7) is 8.03. The number of carbonyl (C=O) groups is 1. The van der Waals surface area contributed by atoms with Gasteiger partial charge in [-0.25, -0.2) is 13.2 Å². The zero-order chi connectivity index (χ0) is 15.9. The van der Waals surface area contributed by atoms with E-state index < -0.39 is 16.0 Å². The molecule has 0 spiro atoms. The van der Waals surface area contributed by atoms with Crippen LogP contribution in [0.25, 0.3) is 0 Å². The Morgan fingerprint density at radius 2 is 1.81 bits per heavy atom. The first-order valence-electron chi connectivity index (χ1n) is 6.72. The van der Waals surface area contributed by atoms with Gasteiger partial charge < -0.3 is 10.1 Å². The summed E-state index contributed by atoms with van der Waals surface area (Å²) in [7, 11) is -3.68. The van der Waals surface area contributed by atoms with Crippen molar-refractivity contribution in [2.75, 3.05) is 13.1 Å². The topological polar surface area (TPSA) is 90.5 Å². The van der Waals surface area contributed by atoms with Gasteiger partial charge in [-0.15, -0.1) is 0 Å². The Morgan fingerprint density at radius 3 is 2.24 bits per heavy atom. The Labute approximate surface area is 129 Å². The molecular weight excluding hydrogens is 312 g/mol. The average Bonchev–Trinajstić information content (AvgIpc) is 2.64. The molecule has 0 amide bonds. The zero-order valence-corrected chi connectivity index (χ0v) is 14.1. The fourth-order valence-corrected chi connectivity index (χ4v) is 6.33. The highest BCUT2D eigenvalue weighted by atomic mass is 32.2. The number of carboxylic acid groups (broad SMARTS) is 1. The van der Waals surface area contributed by atoms with Crippen LogP contribution >= 0.6 is 11.8 Å². The van der Waals surface area contributed by atoms with Crippen molar-refractivity contribution in [3.8, 4) is 0 Å². The number of nitrogens with one attached hydrogen (secondary N) is 1. The van der Waals surface area contributed by atoms with Crippen LogP contribution in [0.4, 0.5) is 0 Å². The van der Waals surface area contributed by atoms with Crippen LogP contribution in [0.1, 0.15) is 35.6 Å². The quantitative estimate of drug-likeness (QED) is 0.881. The van der Waals surface area contributed by atoms with Crippen LogP contribution in [0, 0.1) is 13.8 Å². The van der Waals surface area contributed by atoms with Gasteiger partial charge in [0.15, 0.2) is 0 Å². The molecule has 2 N–H and O–H groups in total.